The molecule has 1 saturated carbocycles. The maximum atomic E-state index is 10.6. The number of carbonyl (C=O) groups is 2. The molecule has 2 N–H and O–H groups in total. The highest BCUT2D eigenvalue weighted by molar-refractivity contribution is 7.15. The Kier molecular flexibility index (Phi) is 5.69. The molecule has 2 amide bonds. The Balaban J connectivity index is 1.83. The lowest BCUT2D eigenvalue weighted by Gasteiger charge is -2.38. The van der Waals surface area contributed by atoms with Crippen molar-refractivity contribution in [2.75, 3.05) is 10.6 Å². The highest BCUT2D eigenvalue weighted by Crippen LogP contribution is 2.50. The summed E-state index contributed by atoms with van der Waals surface area (Å²) < 4.78 is 0. The van der Waals surface area contributed by atoms with Crippen LogP contribution in [0.1, 0.15) is 55.0 Å². The summed E-state index contributed by atoms with van der Waals surface area (Å²) in [6.45, 7) is 4.45. The highest BCUT2D eigenvalue weighted by atomic mass is 32.1. The molecule has 10 heteroatoms. The van der Waals surface area contributed by atoms with E-state index < -0.39 is 0 Å². The molecule has 0 radical (unpaired) electrons. The normalized spacial score (nSPS) is 26.2. The van der Waals surface area contributed by atoms with Crippen LogP contribution in [-0.4, -0.2) is 33.2 Å². The minimum atomic E-state index is 0.277. The molecule has 3 rings (SSSR count). The quantitative estimate of drug-likeness (QED) is 0.715. The molecule has 1 aliphatic rings. The Morgan fingerprint density at radius 1 is 0.960 bits per heavy atom. The molecule has 25 heavy (non-hydrogen) atoms. The van der Waals surface area contributed by atoms with Gasteiger partial charge in [0.1, 0.15) is 10.0 Å². The molecule has 1 aliphatic carbocycles. The van der Waals surface area contributed by atoms with Crippen molar-refractivity contribution >= 4 is 45.8 Å². The van der Waals surface area contributed by atoms with Gasteiger partial charge in [-0.15, -0.1) is 20.4 Å². The van der Waals surface area contributed by atoms with E-state index in [2.05, 4.69) is 44.9 Å². The van der Waals surface area contributed by atoms with E-state index in [-0.39, 0.29) is 11.8 Å². The van der Waals surface area contributed by atoms with Gasteiger partial charge >= 0.3 is 0 Å². The molecule has 0 saturated heterocycles. The molecule has 0 aromatic carbocycles. The summed E-state index contributed by atoms with van der Waals surface area (Å²) in [5, 5.41) is 24.8. The van der Waals surface area contributed by atoms with Crippen LogP contribution >= 0.6 is 22.7 Å². The molecule has 0 aliphatic heterocycles. The summed E-state index contributed by atoms with van der Waals surface area (Å²) in [5.74, 6) is 1.58. The average molecular weight is 380 g/mol. The zero-order chi connectivity index (χ0) is 17.8. The summed E-state index contributed by atoms with van der Waals surface area (Å²) in [5.41, 5.74) is 0. The van der Waals surface area contributed by atoms with E-state index in [9.17, 15) is 9.59 Å². The lowest BCUT2D eigenvalue weighted by Crippen LogP contribution is -2.28. The highest BCUT2D eigenvalue weighted by Gasteiger charge is 2.39. The van der Waals surface area contributed by atoms with Crippen LogP contribution in [-0.2, 0) is 9.59 Å². The van der Waals surface area contributed by atoms with Gasteiger partial charge in [0, 0.05) is 11.8 Å². The van der Waals surface area contributed by atoms with Crippen molar-refractivity contribution in [1.82, 2.24) is 20.4 Å². The van der Waals surface area contributed by atoms with Crippen LogP contribution in [0, 0.1) is 11.8 Å². The molecule has 1 fully saturated rings. The number of rotatable bonds is 7. The largest absolute Gasteiger partial charge is 0.303 e. The fourth-order valence-electron chi connectivity index (χ4n) is 3.59. The second-order valence-electron chi connectivity index (χ2n) is 6.25. The van der Waals surface area contributed by atoms with Gasteiger partial charge in [0.2, 0.25) is 23.1 Å². The van der Waals surface area contributed by atoms with Crippen molar-refractivity contribution < 1.29 is 9.59 Å². The van der Waals surface area contributed by atoms with Crippen LogP contribution < -0.4 is 10.6 Å². The van der Waals surface area contributed by atoms with Crippen LogP contribution in [0.2, 0.25) is 0 Å². The second-order valence-corrected chi connectivity index (χ2v) is 8.26. The van der Waals surface area contributed by atoms with Gasteiger partial charge < -0.3 is 10.6 Å². The zero-order valence-corrected chi connectivity index (χ0v) is 15.6. The number of hydrogen-bond acceptors (Lipinski definition) is 8. The molecule has 2 aromatic rings. The monoisotopic (exact) mass is 380 g/mol. The number of amides is 2. The first kappa shape index (κ1) is 17.9. The standard InChI is InChI=1S/C15H20N6O2S2/c1-3-9-4-8(2)10(12-18-20-14(24-12)16-6-22)5-11(9)13-19-21-15(25-13)17-7-23/h6-11H,3-5H2,1-2H3,(H,16,20,22)(H,17,21,23)/t8?,9?,10-,11+/m0/s1. The molecular weight excluding hydrogens is 360 g/mol. The SMILES string of the molecule is CCC1CC(C)[C@@H](c2nnc(NC=O)s2)C[C@H]1c1nnc(NC=O)s1. The van der Waals surface area contributed by atoms with Gasteiger partial charge in [0.25, 0.3) is 0 Å². The molecule has 0 bridgehead atoms. The summed E-state index contributed by atoms with van der Waals surface area (Å²) in [4.78, 5) is 21.2. The van der Waals surface area contributed by atoms with Crippen molar-refractivity contribution in [3.05, 3.63) is 10.0 Å². The summed E-state index contributed by atoms with van der Waals surface area (Å²) in [7, 11) is 0. The van der Waals surface area contributed by atoms with E-state index in [4.69, 9.17) is 0 Å². The first-order valence-corrected chi connectivity index (χ1v) is 9.86. The van der Waals surface area contributed by atoms with Gasteiger partial charge in [-0.2, -0.15) is 0 Å². The van der Waals surface area contributed by atoms with Crippen molar-refractivity contribution in [2.45, 2.75) is 44.9 Å². The van der Waals surface area contributed by atoms with Crippen LogP contribution in [0.5, 0.6) is 0 Å². The van der Waals surface area contributed by atoms with Crippen LogP contribution in [0.3, 0.4) is 0 Å². The minimum Gasteiger partial charge on any atom is -0.303 e. The molecule has 4 atom stereocenters. The number of carbonyl (C=O) groups excluding carboxylic acids is 2. The van der Waals surface area contributed by atoms with Crippen molar-refractivity contribution in [3.63, 3.8) is 0 Å². The maximum absolute atomic E-state index is 10.6. The Hall–Kier alpha value is -1.94. The van der Waals surface area contributed by atoms with Gasteiger partial charge in [-0.1, -0.05) is 42.9 Å². The Labute approximate surface area is 153 Å². The van der Waals surface area contributed by atoms with Crippen molar-refractivity contribution in [1.29, 1.82) is 0 Å². The van der Waals surface area contributed by atoms with Crippen molar-refractivity contribution in [3.8, 4) is 0 Å². The van der Waals surface area contributed by atoms with Crippen molar-refractivity contribution in [2.24, 2.45) is 11.8 Å². The number of nitrogens with one attached hydrogen (secondary N) is 2. The minimum absolute atomic E-state index is 0.277. The van der Waals surface area contributed by atoms with Gasteiger partial charge in [0.05, 0.1) is 0 Å². The number of aromatic nitrogens is 4. The van der Waals surface area contributed by atoms with Gasteiger partial charge in [0.15, 0.2) is 0 Å². The number of nitrogens with zero attached hydrogens (tertiary/aromatic N) is 4. The lowest BCUT2D eigenvalue weighted by molar-refractivity contribution is -0.106. The predicted molar refractivity (Wildman–Crippen MR) is 96.9 cm³/mol. The summed E-state index contributed by atoms with van der Waals surface area (Å²) in [6, 6.07) is 0. The first-order chi connectivity index (χ1) is 12.2. The third-order valence-electron chi connectivity index (χ3n) is 4.84. The third-order valence-corrected chi connectivity index (χ3v) is 6.82. The number of anilines is 2. The summed E-state index contributed by atoms with van der Waals surface area (Å²) in [6.07, 6.45) is 4.32. The molecular formula is C15H20N6O2S2. The smallest absolute Gasteiger partial charge is 0.213 e. The average Bonchev–Trinajstić information content (AvgIpc) is 3.25. The van der Waals surface area contributed by atoms with Crippen LogP contribution in [0.15, 0.2) is 0 Å². The molecule has 8 nitrogen and oxygen atoms in total. The Bertz CT molecular complexity index is 733. The van der Waals surface area contributed by atoms with E-state index >= 15 is 0 Å². The lowest BCUT2D eigenvalue weighted by atomic mass is 9.68. The third kappa shape index (κ3) is 3.84. The Morgan fingerprint density at radius 2 is 1.52 bits per heavy atom. The zero-order valence-electron chi connectivity index (χ0n) is 14.0. The fourth-order valence-corrected chi connectivity index (χ4v) is 5.45. The molecule has 2 heterocycles. The van der Waals surface area contributed by atoms with Gasteiger partial charge in [-0.25, -0.2) is 0 Å². The Morgan fingerprint density at radius 3 is 2.04 bits per heavy atom. The van der Waals surface area contributed by atoms with E-state index in [0.717, 1.165) is 29.3 Å². The van der Waals surface area contributed by atoms with E-state index in [1.54, 1.807) is 0 Å². The second kappa shape index (κ2) is 7.96. The van der Waals surface area contributed by atoms with Crippen LogP contribution in [0.4, 0.5) is 10.3 Å². The molecule has 2 aromatic heterocycles. The predicted octanol–water partition coefficient (Wildman–Crippen LogP) is 2.85. The molecule has 0 spiro atoms. The topological polar surface area (TPSA) is 110 Å². The number of hydrogen-bond donors (Lipinski definition) is 2. The first-order valence-electron chi connectivity index (χ1n) is 8.23. The molecule has 134 valence electrons. The van der Waals surface area contributed by atoms with E-state index in [0.29, 0.717) is 34.9 Å². The van der Waals surface area contributed by atoms with Gasteiger partial charge in [-0.3, -0.25) is 9.59 Å². The summed E-state index contributed by atoms with van der Waals surface area (Å²) >= 11 is 2.87. The van der Waals surface area contributed by atoms with E-state index in [1.165, 1.54) is 22.7 Å². The van der Waals surface area contributed by atoms with Gasteiger partial charge in [-0.05, 0) is 24.7 Å². The fraction of sp³-hybridized carbons (Fsp3) is 0.600. The maximum Gasteiger partial charge on any atom is 0.213 e. The molecule has 2 unspecified atom stereocenters. The van der Waals surface area contributed by atoms with Crippen LogP contribution in [0.25, 0.3) is 0 Å². The van der Waals surface area contributed by atoms with E-state index in [1.807, 2.05) is 0 Å².